The van der Waals surface area contributed by atoms with Crippen molar-refractivity contribution in [2.24, 2.45) is 10.4 Å². The van der Waals surface area contributed by atoms with Crippen molar-refractivity contribution in [1.29, 1.82) is 0 Å². The van der Waals surface area contributed by atoms with Gasteiger partial charge in [-0.15, -0.1) is 11.8 Å². The monoisotopic (exact) mass is 639 g/mol. The fourth-order valence-electron chi connectivity index (χ4n) is 4.18. The Hall–Kier alpha value is -1.000. The normalized spacial score (nSPS) is 31.7. The van der Waals surface area contributed by atoms with Gasteiger partial charge in [-0.1, -0.05) is 0 Å². The zero-order valence-electron chi connectivity index (χ0n) is 17.3. The molecule has 2 N–H and O–H groups in total. The van der Waals surface area contributed by atoms with E-state index in [4.69, 9.17) is 0 Å². The second kappa shape index (κ2) is 8.90. The number of rotatable bonds is 5. The minimum atomic E-state index is -1.35. The lowest BCUT2D eigenvalue weighted by molar-refractivity contribution is -0.159. The molecule has 5 atom stereocenters. The van der Waals surface area contributed by atoms with Crippen molar-refractivity contribution in [3.05, 3.63) is 31.6 Å². The van der Waals surface area contributed by atoms with E-state index < -0.39 is 39.6 Å². The quantitative estimate of drug-likeness (QED) is 0.251. The van der Waals surface area contributed by atoms with E-state index in [2.05, 4.69) is 54.2 Å². The smallest absolute Gasteiger partial charge is 0.313 e. The van der Waals surface area contributed by atoms with Gasteiger partial charge in [0.1, 0.15) is 16.5 Å². The van der Waals surface area contributed by atoms with Gasteiger partial charge in [-0.05, 0) is 50.7 Å². The number of hydrogen-bond acceptors (Lipinski definition) is 9. The van der Waals surface area contributed by atoms with Crippen LogP contribution in [0.1, 0.15) is 13.8 Å². The standard InChI is InChI=1S/C18H19Br2N5O5S3/c1-8(26)25(23-3-9(19)12(27)10(20)4-23)11-13(28)24-5-18(16(29)30,6-32-14(11)24)15(31)17(2)21-7-33-22-17/h3-4,7,11,14-15,22,31H,5-6H2,1-2H3,(H,29,30)/t11?,14-,15?,17?,18?/m1/s1. The summed E-state index contributed by atoms with van der Waals surface area (Å²) < 4.78 is 4.94. The highest BCUT2D eigenvalue weighted by atomic mass is 79.9. The summed E-state index contributed by atoms with van der Waals surface area (Å²) in [5.41, 5.74) is -0.941. The lowest BCUT2D eigenvalue weighted by Crippen LogP contribution is -2.77. The van der Waals surface area contributed by atoms with Gasteiger partial charge in [0.2, 0.25) is 11.3 Å². The van der Waals surface area contributed by atoms with Gasteiger partial charge in [0.25, 0.3) is 5.91 Å². The van der Waals surface area contributed by atoms with Gasteiger partial charge in [0.15, 0.2) is 6.04 Å². The molecule has 4 rings (SSSR count). The molecule has 10 nitrogen and oxygen atoms in total. The largest absolute Gasteiger partial charge is 0.481 e. The van der Waals surface area contributed by atoms with Crippen LogP contribution in [0.5, 0.6) is 0 Å². The average molecular weight is 641 g/mol. The van der Waals surface area contributed by atoms with Crippen LogP contribution in [0.3, 0.4) is 0 Å². The number of aliphatic imine (C=N–C) groups is 1. The number of carboxylic acid groups (broad SMARTS) is 1. The molecule has 0 aromatic carbocycles. The van der Waals surface area contributed by atoms with E-state index >= 15 is 0 Å². The van der Waals surface area contributed by atoms with Crippen LogP contribution in [0.4, 0.5) is 0 Å². The van der Waals surface area contributed by atoms with Crippen molar-refractivity contribution in [2.75, 3.05) is 17.3 Å². The van der Waals surface area contributed by atoms with Gasteiger partial charge >= 0.3 is 5.97 Å². The fraction of sp³-hybridized carbons (Fsp3) is 0.500. The topological polar surface area (TPSA) is 124 Å². The SMILES string of the molecule is CC(=O)N(C1C(=O)N2CC(C(=O)O)(C(S)C3(C)N=CSN3)CS[C@H]12)n1cc(Br)c(=O)c(Br)c1. The molecule has 0 bridgehead atoms. The molecule has 0 saturated carbocycles. The minimum absolute atomic E-state index is 0.0513. The number of carbonyl (C=O) groups is 3. The molecular weight excluding hydrogens is 622 g/mol. The summed E-state index contributed by atoms with van der Waals surface area (Å²) in [4.78, 5) is 56.1. The molecule has 2 fully saturated rings. The third-order valence-electron chi connectivity index (χ3n) is 5.96. The van der Waals surface area contributed by atoms with E-state index in [9.17, 15) is 24.3 Å². The molecule has 3 aliphatic heterocycles. The second-order valence-corrected chi connectivity index (χ2v) is 12.1. The summed E-state index contributed by atoms with van der Waals surface area (Å²) in [6.07, 6.45) is 2.84. The molecule has 33 heavy (non-hydrogen) atoms. The highest BCUT2D eigenvalue weighted by Gasteiger charge is 2.63. The molecule has 4 heterocycles. The van der Waals surface area contributed by atoms with Crippen LogP contribution in [0.25, 0.3) is 0 Å². The van der Waals surface area contributed by atoms with Crippen LogP contribution in [-0.2, 0) is 14.4 Å². The van der Waals surface area contributed by atoms with E-state index in [1.165, 1.54) is 57.6 Å². The van der Waals surface area contributed by atoms with Gasteiger partial charge in [0, 0.05) is 31.6 Å². The number of thiol groups is 1. The predicted molar refractivity (Wildman–Crippen MR) is 137 cm³/mol. The molecule has 178 valence electrons. The maximum Gasteiger partial charge on any atom is 0.313 e. The van der Waals surface area contributed by atoms with E-state index in [-0.39, 0.29) is 32.6 Å². The summed E-state index contributed by atoms with van der Waals surface area (Å²) in [6, 6.07) is -0.840. The zero-order valence-corrected chi connectivity index (χ0v) is 23.0. The molecule has 2 amide bonds. The molecule has 0 radical (unpaired) electrons. The Morgan fingerprint density at radius 3 is 2.52 bits per heavy atom. The lowest BCUT2D eigenvalue weighted by Gasteiger charge is -2.57. The molecule has 0 spiro atoms. The van der Waals surface area contributed by atoms with Crippen LogP contribution < -0.4 is 15.2 Å². The number of nitrogens with zero attached hydrogens (tertiary/aromatic N) is 4. The zero-order chi connectivity index (χ0) is 24.3. The van der Waals surface area contributed by atoms with Gasteiger partial charge in [-0.25, -0.2) is 9.73 Å². The second-order valence-electron chi connectivity index (χ2n) is 8.11. The molecule has 4 unspecified atom stereocenters. The number of aromatic nitrogens is 1. The van der Waals surface area contributed by atoms with Gasteiger partial charge in [-0.3, -0.25) is 28.8 Å². The first-order valence-electron chi connectivity index (χ1n) is 9.60. The number of pyridine rings is 1. The third kappa shape index (κ3) is 3.97. The predicted octanol–water partition coefficient (Wildman–Crippen LogP) is 1.51. The fourth-order valence-corrected chi connectivity index (χ4v) is 8.27. The Bertz CT molecular complexity index is 1110. The van der Waals surface area contributed by atoms with E-state index in [0.717, 1.165) is 0 Å². The van der Waals surface area contributed by atoms with Gasteiger partial charge in [0.05, 0.1) is 19.7 Å². The summed E-state index contributed by atoms with van der Waals surface area (Å²) in [5.74, 6) is -1.65. The van der Waals surface area contributed by atoms with Crippen LogP contribution >= 0.6 is 68.2 Å². The lowest BCUT2D eigenvalue weighted by atomic mass is 9.78. The molecule has 3 aliphatic rings. The summed E-state index contributed by atoms with van der Waals surface area (Å²) in [5, 5.41) is 10.3. The number of halogens is 2. The van der Waals surface area contributed by atoms with Crippen LogP contribution in [0, 0.1) is 5.41 Å². The van der Waals surface area contributed by atoms with E-state index in [1.54, 1.807) is 12.5 Å². The van der Waals surface area contributed by atoms with Crippen molar-refractivity contribution >= 4 is 91.5 Å². The van der Waals surface area contributed by atoms with Crippen molar-refractivity contribution in [1.82, 2.24) is 14.3 Å². The Kier molecular flexibility index (Phi) is 6.77. The first kappa shape index (κ1) is 25.1. The number of aliphatic carboxylic acids is 1. The molecule has 2 saturated heterocycles. The van der Waals surface area contributed by atoms with Crippen LogP contribution in [0.15, 0.2) is 31.1 Å². The molecule has 0 aliphatic carbocycles. The summed E-state index contributed by atoms with van der Waals surface area (Å²) in [6.45, 7) is 3.05. The Morgan fingerprint density at radius 2 is 2.00 bits per heavy atom. The number of nitrogens with one attached hydrogen (secondary N) is 1. The van der Waals surface area contributed by atoms with Crippen molar-refractivity contribution < 1.29 is 19.5 Å². The molecule has 1 aromatic heterocycles. The third-order valence-corrected chi connectivity index (χ3v) is 10.4. The molecule has 1 aromatic rings. The first-order valence-corrected chi connectivity index (χ1v) is 13.6. The number of hydrogen-bond donors (Lipinski definition) is 3. The van der Waals surface area contributed by atoms with Crippen molar-refractivity contribution in [2.45, 2.75) is 36.2 Å². The first-order chi connectivity index (χ1) is 15.4. The van der Waals surface area contributed by atoms with Crippen LogP contribution in [0.2, 0.25) is 0 Å². The summed E-state index contributed by atoms with van der Waals surface area (Å²) >= 11 is 13.6. The summed E-state index contributed by atoms with van der Waals surface area (Å²) in [7, 11) is 0. The van der Waals surface area contributed by atoms with Gasteiger partial charge < -0.3 is 10.0 Å². The maximum atomic E-state index is 13.2. The molecule has 15 heteroatoms. The van der Waals surface area contributed by atoms with Crippen LogP contribution in [-0.4, -0.2) is 72.6 Å². The number of β-lactam (4-membered cyclic amide) rings is 1. The highest BCUT2D eigenvalue weighted by molar-refractivity contribution is 9.11. The van der Waals surface area contributed by atoms with E-state index in [1.807, 2.05) is 0 Å². The number of carbonyl (C=O) groups excluding carboxylic acids is 2. The molecular formula is C18H19Br2N5O5S3. The number of fused-ring (bicyclic) bond motifs is 1. The number of amides is 2. The maximum absolute atomic E-state index is 13.2. The number of carboxylic acids is 1. The van der Waals surface area contributed by atoms with E-state index in [0.29, 0.717) is 0 Å². The minimum Gasteiger partial charge on any atom is -0.481 e. The van der Waals surface area contributed by atoms with Crippen molar-refractivity contribution in [3.8, 4) is 0 Å². The highest BCUT2D eigenvalue weighted by Crippen LogP contribution is 2.49. The average Bonchev–Trinajstić information content (AvgIpc) is 3.21. The number of thioether (sulfide) groups is 1. The Labute approximate surface area is 219 Å². The Morgan fingerprint density at radius 1 is 1.36 bits per heavy atom. The van der Waals surface area contributed by atoms with Crippen molar-refractivity contribution in [3.63, 3.8) is 0 Å². The van der Waals surface area contributed by atoms with Gasteiger partial charge in [-0.2, -0.15) is 12.6 Å². The Balaban J connectivity index is 1.63.